The minimum Gasteiger partial charge on any atom is -0.378 e. The van der Waals surface area contributed by atoms with Gasteiger partial charge in [0.15, 0.2) is 0 Å². The Morgan fingerprint density at radius 1 is 1.22 bits per heavy atom. The molecular formula is C18H29N3O2. The average molecular weight is 319 g/mol. The van der Waals surface area contributed by atoms with Gasteiger partial charge in [-0.05, 0) is 30.5 Å². The van der Waals surface area contributed by atoms with Crippen LogP contribution in [0.25, 0.3) is 0 Å². The molecular weight excluding hydrogens is 290 g/mol. The third-order valence-corrected chi connectivity index (χ3v) is 4.39. The Kier molecular flexibility index (Phi) is 6.71. The van der Waals surface area contributed by atoms with Crippen LogP contribution in [-0.4, -0.2) is 50.3 Å². The monoisotopic (exact) mass is 319 g/mol. The number of nitrogens with one attached hydrogen (secondary N) is 1. The first-order chi connectivity index (χ1) is 11.1. The minimum atomic E-state index is -0.00374. The lowest BCUT2D eigenvalue weighted by Gasteiger charge is -2.29. The van der Waals surface area contributed by atoms with Crippen molar-refractivity contribution in [1.29, 1.82) is 0 Å². The van der Waals surface area contributed by atoms with Crippen molar-refractivity contribution in [2.24, 2.45) is 0 Å². The molecule has 1 fully saturated rings. The van der Waals surface area contributed by atoms with Gasteiger partial charge in [0.25, 0.3) is 0 Å². The second-order valence-electron chi connectivity index (χ2n) is 6.08. The molecule has 0 unspecified atom stereocenters. The Morgan fingerprint density at radius 2 is 1.83 bits per heavy atom. The van der Waals surface area contributed by atoms with Gasteiger partial charge in [-0.15, -0.1) is 0 Å². The van der Waals surface area contributed by atoms with Crippen molar-refractivity contribution in [2.75, 3.05) is 38.3 Å². The van der Waals surface area contributed by atoms with Crippen LogP contribution >= 0.6 is 0 Å². The number of rotatable bonds is 6. The van der Waals surface area contributed by atoms with Gasteiger partial charge in [-0.2, -0.15) is 0 Å². The molecule has 1 aliphatic heterocycles. The summed E-state index contributed by atoms with van der Waals surface area (Å²) in [5, 5.41) is 3.06. The standard InChI is InChI=1S/C18H29N3O2/c1-4-16(5-2)19-18(22)20(3)14-15-6-8-17(9-7-15)21-10-12-23-13-11-21/h6-9,16H,4-5,10-14H2,1-3H3,(H,19,22). The molecule has 5 nitrogen and oxygen atoms in total. The van der Waals surface area contributed by atoms with E-state index < -0.39 is 0 Å². The molecule has 0 atom stereocenters. The molecule has 1 aromatic rings. The van der Waals surface area contributed by atoms with E-state index in [0.29, 0.717) is 6.54 Å². The molecule has 0 saturated carbocycles. The van der Waals surface area contributed by atoms with Crippen LogP contribution in [0.5, 0.6) is 0 Å². The van der Waals surface area contributed by atoms with Gasteiger partial charge in [0, 0.05) is 38.4 Å². The number of anilines is 1. The third kappa shape index (κ3) is 5.13. The maximum absolute atomic E-state index is 12.2. The van der Waals surface area contributed by atoms with E-state index in [4.69, 9.17) is 4.74 Å². The molecule has 0 radical (unpaired) electrons. The van der Waals surface area contributed by atoms with E-state index in [1.165, 1.54) is 5.69 Å². The van der Waals surface area contributed by atoms with E-state index >= 15 is 0 Å². The number of amides is 2. The second kappa shape index (κ2) is 8.77. The van der Waals surface area contributed by atoms with Crippen LogP contribution in [-0.2, 0) is 11.3 Å². The molecule has 128 valence electrons. The summed E-state index contributed by atoms with van der Waals surface area (Å²) < 4.78 is 5.38. The molecule has 0 bridgehead atoms. The third-order valence-electron chi connectivity index (χ3n) is 4.39. The van der Waals surface area contributed by atoms with Crippen LogP contribution in [0, 0.1) is 0 Å². The lowest BCUT2D eigenvalue weighted by molar-refractivity contribution is 0.122. The maximum atomic E-state index is 12.2. The summed E-state index contributed by atoms with van der Waals surface area (Å²) in [5.41, 5.74) is 2.37. The number of morpholine rings is 1. The Balaban J connectivity index is 1.88. The van der Waals surface area contributed by atoms with Crippen LogP contribution in [0.15, 0.2) is 24.3 Å². The number of hydrogen-bond donors (Lipinski definition) is 1. The highest BCUT2D eigenvalue weighted by atomic mass is 16.5. The molecule has 2 rings (SSSR count). The number of carbonyl (C=O) groups excluding carboxylic acids is 1. The number of ether oxygens (including phenoxy) is 1. The molecule has 0 aromatic heterocycles. The Hall–Kier alpha value is -1.75. The topological polar surface area (TPSA) is 44.8 Å². The van der Waals surface area contributed by atoms with Crippen molar-refractivity contribution in [1.82, 2.24) is 10.2 Å². The predicted octanol–water partition coefficient (Wildman–Crippen LogP) is 2.85. The summed E-state index contributed by atoms with van der Waals surface area (Å²) >= 11 is 0. The summed E-state index contributed by atoms with van der Waals surface area (Å²) in [5.74, 6) is 0. The van der Waals surface area contributed by atoms with E-state index in [2.05, 4.69) is 48.3 Å². The highest BCUT2D eigenvalue weighted by Crippen LogP contribution is 2.17. The molecule has 23 heavy (non-hydrogen) atoms. The molecule has 1 heterocycles. The maximum Gasteiger partial charge on any atom is 0.317 e. The zero-order valence-corrected chi connectivity index (χ0v) is 14.5. The van der Waals surface area contributed by atoms with Crippen molar-refractivity contribution in [2.45, 2.75) is 39.3 Å². The summed E-state index contributed by atoms with van der Waals surface area (Å²) in [6.45, 7) is 8.28. The number of carbonyl (C=O) groups is 1. The second-order valence-corrected chi connectivity index (χ2v) is 6.08. The Morgan fingerprint density at radius 3 is 2.39 bits per heavy atom. The van der Waals surface area contributed by atoms with Crippen LogP contribution < -0.4 is 10.2 Å². The van der Waals surface area contributed by atoms with Crippen molar-refractivity contribution in [3.05, 3.63) is 29.8 Å². The van der Waals surface area contributed by atoms with Gasteiger partial charge < -0.3 is 19.9 Å². The van der Waals surface area contributed by atoms with Gasteiger partial charge in [0.2, 0.25) is 0 Å². The lowest BCUT2D eigenvalue weighted by Crippen LogP contribution is -2.42. The van der Waals surface area contributed by atoms with E-state index in [0.717, 1.165) is 44.7 Å². The predicted molar refractivity (Wildman–Crippen MR) is 93.8 cm³/mol. The first-order valence-electron chi connectivity index (χ1n) is 8.57. The number of nitrogens with zero attached hydrogens (tertiary/aromatic N) is 2. The molecule has 1 aliphatic rings. The molecule has 0 aliphatic carbocycles. The largest absolute Gasteiger partial charge is 0.378 e. The summed E-state index contributed by atoms with van der Waals surface area (Å²) in [4.78, 5) is 16.3. The van der Waals surface area contributed by atoms with Crippen molar-refractivity contribution in [3.8, 4) is 0 Å². The van der Waals surface area contributed by atoms with E-state index in [1.54, 1.807) is 4.90 Å². The summed E-state index contributed by atoms with van der Waals surface area (Å²) in [6, 6.07) is 8.72. The van der Waals surface area contributed by atoms with E-state index in [9.17, 15) is 4.79 Å². The first-order valence-corrected chi connectivity index (χ1v) is 8.57. The highest BCUT2D eigenvalue weighted by molar-refractivity contribution is 5.74. The summed E-state index contributed by atoms with van der Waals surface area (Å²) in [7, 11) is 1.84. The normalized spacial score (nSPS) is 14.9. The van der Waals surface area contributed by atoms with Crippen molar-refractivity contribution in [3.63, 3.8) is 0 Å². The smallest absolute Gasteiger partial charge is 0.317 e. The molecule has 0 spiro atoms. The average Bonchev–Trinajstić information content (AvgIpc) is 2.60. The van der Waals surface area contributed by atoms with Gasteiger partial charge in [0.1, 0.15) is 0 Å². The highest BCUT2D eigenvalue weighted by Gasteiger charge is 2.14. The lowest BCUT2D eigenvalue weighted by atomic mass is 10.1. The van der Waals surface area contributed by atoms with Gasteiger partial charge in [-0.25, -0.2) is 4.79 Å². The van der Waals surface area contributed by atoms with Crippen molar-refractivity contribution >= 4 is 11.7 Å². The van der Waals surface area contributed by atoms with Gasteiger partial charge in [-0.1, -0.05) is 26.0 Å². The van der Waals surface area contributed by atoms with Crippen molar-refractivity contribution < 1.29 is 9.53 Å². The SMILES string of the molecule is CCC(CC)NC(=O)N(C)Cc1ccc(N2CCOCC2)cc1. The van der Waals surface area contributed by atoms with Crippen LogP contribution in [0.4, 0.5) is 10.5 Å². The molecule has 1 aromatic carbocycles. The van der Waals surface area contributed by atoms with Crippen LogP contribution in [0.3, 0.4) is 0 Å². The fourth-order valence-electron chi connectivity index (χ4n) is 2.76. The fraction of sp³-hybridized carbons (Fsp3) is 0.611. The Labute approximate surface area is 139 Å². The zero-order chi connectivity index (χ0) is 16.7. The molecule has 2 amide bonds. The fourth-order valence-corrected chi connectivity index (χ4v) is 2.76. The number of benzene rings is 1. The minimum absolute atomic E-state index is 0.00374. The Bertz CT molecular complexity index is 480. The zero-order valence-electron chi connectivity index (χ0n) is 14.5. The quantitative estimate of drug-likeness (QED) is 0.877. The van der Waals surface area contributed by atoms with E-state index in [-0.39, 0.29) is 12.1 Å². The molecule has 1 N–H and O–H groups in total. The van der Waals surface area contributed by atoms with Crippen LogP contribution in [0.1, 0.15) is 32.3 Å². The van der Waals surface area contributed by atoms with Gasteiger partial charge in [0.05, 0.1) is 13.2 Å². The molecule has 5 heteroatoms. The summed E-state index contributed by atoms with van der Waals surface area (Å²) in [6.07, 6.45) is 1.93. The van der Waals surface area contributed by atoms with Crippen LogP contribution in [0.2, 0.25) is 0 Å². The first kappa shape index (κ1) is 17.6. The van der Waals surface area contributed by atoms with E-state index in [1.807, 2.05) is 7.05 Å². The molecule has 1 saturated heterocycles. The number of hydrogen-bond acceptors (Lipinski definition) is 3. The van der Waals surface area contributed by atoms with Gasteiger partial charge >= 0.3 is 6.03 Å². The van der Waals surface area contributed by atoms with Gasteiger partial charge in [-0.3, -0.25) is 0 Å². The number of urea groups is 1.